The Morgan fingerprint density at radius 3 is 2.33 bits per heavy atom. The van der Waals surface area contributed by atoms with Crippen LogP contribution in [0.2, 0.25) is 0 Å². The van der Waals surface area contributed by atoms with E-state index in [1.165, 1.54) is 9.80 Å². The Bertz CT molecular complexity index is 339. The first-order valence-corrected chi connectivity index (χ1v) is 5.96. The molecule has 0 aromatic rings. The van der Waals surface area contributed by atoms with Gasteiger partial charge < -0.3 is 9.64 Å². The van der Waals surface area contributed by atoms with E-state index in [0.717, 1.165) is 0 Å². The van der Waals surface area contributed by atoms with Gasteiger partial charge in [-0.2, -0.15) is 0 Å². The number of hydrogen-bond donors (Lipinski definition) is 0. The number of carbonyl (C=O) groups is 2. The maximum Gasteiger partial charge on any atom is 0.411 e. The third-order valence-corrected chi connectivity index (χ3v) is 2.60. The number of hydrogen-bond acceptors (Lipinski definition) is 3. The molecule has 104 valence electrons. The summed E-state index contributed by atoms with van der Waals surface area (Å²) < 4.78 is 18.6. The molecule has 1 heterocycles. The molecule has 0 aromatic carbocycles. The van der Waals surface area contributed by atoms with Gasteiger partial charge in [-0.05, 0) is 20.8 Å². The van der Waals surface area contributed by atoms with Crippen molar-refractivity contribution in [2.45, 2.75) is 45.0 Å². The number of halogens is 1. The van der Waals surface area contributed by atoms with Gasteiger partial charge in [-0.25, -0.2) is 9.18 Å². The summed E-state index contributed by atoms with van der Waals surface area (Å²) in [5.74, 6) is -0.277. The fraction of sp³-hybridized carbons (Fsp3) is 0.833. The van der Waals surface area contributed by atoms with Crippen LogP contribution < -0.4 is 0 Å². The summed E-state index contributed by atoms with van der Waals surface area (Å²) >= 11 is 0. The largest absolute Gasteiger partial charge is 0.444 e. The van der Waals surface area contributed by atoms with Crippen LogP contribution in [0.5, 0.6) is 0 Å². The zero-order chi connectivity index (χ0) is 14.1. The molecule has 6 heteroatoms. The van der Waals surface area contributed by atoms with Crippen LogP contribution in [0.15, 0.2) is 0 Å². The Kier molecular flexibility index (Phi) is 4.19. The lowest BCUT2D eigenvalue weighted by atomic mass is 10.2. The molecule has 1 aliphatic heterocycles. The van der Waals surface area contributed by atoms with Crippen molar-refractivity contribution in [2.75, 3.05) is 20.6 Å². The molecule has 2 atom stereocenters. The molecular weight excluding hydrogens is 239 g/mol. The Hall–Kier alpha value is -1.33. The molecule has 2 amide bonds. The average Bonchev–Trinajstić information content (AvgIpc) is 2.56. The molecule has 5 nitrogen and oxygen atoms in total. The summed E-state index contributed by atoms with van der Waals surface area (Å²) in [5.41, 5.74) is -0.656. The lowest BCUT2D eigenvalue weighted by molar-refractivity contribution is -0.133. The normalized spacial score (nSPS) is 24.0. The Balaban J connectivity index is 2.79. The number of likely N-dealkylation sites (N-methyl/N-ethyl adjacent to an activating group) is 1. The Labute approximate surface area is 107 Å². The summed E-state index contributed by atoms with van der Waals surface area (Å²) in [5, 5.41) is 0. The molecule has 18 heavy (non-hydrogen) atoms. The van der Waals surface area contributed by atoms with E-state index in [1.54, 1.807) is 34.9 Å². The van der Waals surface area contributed by atoms with Gasteiger partial charge >= 0.3 is 6.09 Å². The lowest BCUT2D eigenvalue weighted by Gasteiger charge is -2.28. The lowest BCUT2D eigenvalue weighted by Crippen LogP contribution is -2.47. The monoisotopic (exact) mass is 260 g/mol. The highest BCUT2D eigenvalue weighted by atomic mass is 19.1. The van der Waals surface area contributed by atoms with E-state index in [1.807, 2.05) is 0 Å². The molecule has 1 saturated heterocycles. The van der Waals surface area contributed by atoms with Crippen LogP contribution in [0.3, 0.4) is 0 Å². The van der Waals surface area contributed by atoms with Gasteiger partial charge in [-0.15, -0.1) is 0 Å². The van der Waals surface area contributed by atoms with Crippen molar-refractivity contribution in [2.24, 2.45) is 0 Å². The second-order valence-corrected chi connectivity index (χ2v) is 5.71. The molecule has 0 radical (unpaired) electrons. The van der Waals surface area contributed by atoms with E-state index >= 15 is 0 Å². The molecular formula is C12H21FN2O3. The number of likely N-dealkylation sites (tertiary alicyclic amines) is 1. The average molecular weight is 260 g/mol. The highest BCUT2D eigenvalue weighted by molar-refractivity contribution is 5.86. The highest BCUT2D eigenvalue weighted by Crippen LogP contribution is 2.24. The van der Waals surface area contributed by atoms with Crippen molar-refractivity contribution < 1.29 is 18.7 Å². The van der Waals surface area contributed by atoms with Crippen LogP contribution in [0.25, 0.3) is 0 Å². The standard InChI is InChI=1S/C12H21FN2O3/c1-12(2,3)18-11(17)15-7-8(13)6-9(15)10(16)14(4)5/h8-9H,6-7H2,1-5H3/t8?,9-/m1/s1. The molecule has 0 aliphatic carbocycles. The van der Waals surface area contributed by atoms with Gasteiger partial charge in [-0.3, -0.25) is 9.69 Å². The number of nitrogens with zero attached hydrogens (tertiary/aromatic N) is 2. The van der Waals surface area contributed by atoms with Gasteiger partial charge in [0.25, 0.3) is 0 Å². The molecule has 0 spiro atoms. The van der Waals surface area contributed by atoms with Crippen LogP contribution in [-0.4, -0.2) is 60.3 Å². The molecule has 1 aliphatic rings. The first-order valence-electron chi connectivity index (χ1n) is 5.96. The molecule has 1 rings (SSSR count). The van der Waals surface area contributed by atoms with E-state index in [-0.39, 0.29) is 18.9 Å². The predicted molar refractivity (Wildman–Crippen MR) is 64.9 cm³/mol. The molecule has 0 aromatic heterocycles. The second-order valence-electron chi connectivity index (χ2n) is 5.71. The third kappa shape index (κ3) is 3.58. The topological polar surface area (TPSA) is 49.9 Å². The number of rotatable bonds is 1. The van der Waals surface area contributed by atoms with Crippen LogP contribution in [0.4, 0.5) is 9.18 Å². The van der Waals surface area contributed by atoms with E-state index in [9.17, 15) is 14.0 Å². The maximum atomic E-state index is 13.4. The highest BCUT2D eigenvalue weighted by Gasteiger charge is 2.42. The van der Waals surface area contributed by atoms with Gasteiger partial charge in [0.1, 0.15) is 17.8 Å². The first kappa shape index (κ1) is 14.7. The third-order valence-electron chi connectivity index (χ3n) is 2.60. The van der Waals surface area contributed by atoms with Gasteiger partial charge in [-0.1, -0.05) is 0 Å². The maximum absolute atomic E-state index is 13.4. The van der Waals surface area contributed by atoms with Gasteiger partial charge in [0, 0.05) is 20.5 Å². The number of amides is 2. The van der Waals surface area contributed by atoms with Crippen LogP contribution in [0, 0.1) is 0 Å². The fourth-order valence-corrected chi connectivity index (χ4v) is 1.84. The zero-order valence-corrected chi connectivity index (χ0v) is 11.6. The van der Waals surface area contributed by atoms with E-state index in [0.29, 0.717) is 0 Å². The smallest absolute Gasteiger partial charge is 0.411 e. The Morgan fingerprint density at radius 2 is 1.89 bits per heavy atom. The molecule has 0 N–H and O–H groups in total. The van der Waals surface area contributed by atoms with Crippen molar-refractivity contribution in [3.63, 3.8) is 0 Å². The van der Waals surface area contributed by atoms with Crippen molar-refractivity contribution in [1.82, 2.24) is 9.80 Å². The second kappa shape index (κ2) is 5.12. The SMILES string of the molecule is CN(C)C(=O)[C@H]1CC(F)CN1C(=O)OC(C)(C)C. The minimum absolute atomic E-state index is 0.0380. The van der Waals surface area contributed by atoms with Gasteiger partial charge in [0.05, 0.1) is 6.54 Å². The van der Waals surface area contributed by atoms with Gasteiger partial charge in [0.15, 0.2) is 0 Å². The Morgan fingerprint density at radius 1 is 1.33 bits per heavy atom. The molecule has 0 saturated carbocycles. The van der Waals surface area contributed by atoms with Crippen LogP contribution in [-0.2, 0) is 9.53 Å². The first-order chi connectivity index (χ1) is 8.11. The zero-order valence-electron chi connectivity index (χ0n) is 11.6. The summed E-state index contributed by atoms with van der Waals surface area (Å²) in [6.45, 7) is 5.11. The number of alkyl halides is 1. The van der Waals surface area contributed by atoms with Crippen molar-refractivity contribution in [1.29, 1.82) is 0 Å². The number of carbonyl (C=O) groups excluding carboxylic acids is 2. The molecule has 1 unspecified atom stereocenters. The van der Waals surface area contributed by atoms with Crippen LogP contribution in [0.1, 0.15) is 27.2 Å². The summed E-state index contributed by atoms with van der Waals surface area (Å²) in [6, 6.07) is -0.759. The van der Waals surface area contributed by atoms with Crippen molar-refractivity contribution in [3.8, 4) is 0 Å². The van der Waals surface area contributed by atoms with Gasteiger partial charge in [0.2, 0.25) is 5.91 Å². The van der Waals surface area contributed by atoms with E-state index in [4.69, 9.17) is 4.74 Å². The van der Waals surface area contributed by atoms with Crippen molar-refractivity contribution >= 4 is 12.0 Å². The van der Waals surface area contributed by atoms with Crippen LogP contribution >= 0.6 is 0 Å². The predicted octanol–water partition coefficient (Wildman–Crippen LogP) is 1.42. The summed E-state index contributed by atoms with van der Waals surface area (Å²) in [7, 11) is 3.17. The molecule has 0 bridgehead atoms. The minimum atomic E-state index is -1.17. The fourth-order valence-electron chi connectivity index (χ4n) is 1.84. The minimum Gasteiger partial charge on any atom is -0.444 e. The quantitative estimate of drug-likeness (QED) is 0.716. The van der Waals surface area contributed by atoms with Crippen molar-refractivity contribution in [3.05, 3.63) is 0 Å². The molecule has 1 fully saturated rings. The van der Waals surface area contributed by atoms with E-state index in [2.05, 4.69) is 0 Å². The van der Waals surface area contributed by atoms with E-state index < -0.39 is 23.9 Å². The number of ether oxygens (including phenoxy) is 1. The summed E-state index contributed by atoms with van der Waals surface area (Å²) in [4.78, 5) is 26.3. The summed E-state index contributed by atoms with van der Waals surface area (Å²) in [6.07, 6.45) is -1.77.